The molecule has 5 aliphatic heterocycles. The number of aliphatic hydroxyl groups is 1. The molecule has 2 bridgehead atoms. The lowest BCUT2D eigenvalue weighted by Crippen LogP contribution is -2.58. The van der Waals surface area contributed by atoms with Gasteiger partial charge in [0, 0.05) is 49.9 Å². The van der Waals surface area contributed by atoms with E-state index in [2.05, 4.69) is 76.4 Å². The van der Waals surface area contributed by atoms with Crippen LogP contribution in [-0.2, 0) is 11.2 Å². The summed E-state index contributed by atoms with van der Waals surface area (Å²) >= 11 is 0. The van der Waals surface area contributed by atoms with Gasteiger partial charge in [0.05, 0.1) is 12.3 Å². The van der Waals surface area contributed by atoms with Crippen LogP contribution in [0.15, 0.2) is 53.8 Å². The highest BCUT2D eigenvalue weighted by Crippen LogP contribution is 2.35. The molecule has 0 aromatic heterocycles. The van der Waals surface area contributed by atoms with Crippen molar-refractivity contribution >= 4 is 0 Å². The molecule has 3 atom stereocenters. The molecule has 6 rings (SSSR count). The van der Waals surface area contributed by atoms with Gasteiger partial charge in [0.25, 0.3) is 0 Å². The number of piperidine rings is 3. The second-order valence-electron chi connectivity index (χ2n) is 9.59. The van der Waals surface area contributed by atoms with Gasteiger partial charge in [0.2, 0.25) is 0 Å². The summed E-state index contributed by atoms with van der Waals surface area (Å²) in [5.74, 6) is 6.99. The standard InChI is InChI=1S/C27H35N3O2/c1-2-32-24-13-17-30(19-24)26-9-8-22(25(28-26)18-21-6-4-3-5-7-21)10-14-27(31)20-29-15-11-23(27)12-16-29/h3-9,23-24,26,28,31H,2,11-13,15-20H2,1H3/t24-,26?,27-/m1/s1. The first-order valence-electron chi connectivity index (χ1n) is 12.2. The van der Waals surface area contributed by atoms with Crippen molar-refractivity contribution in [3.63, 3.8) is 0 Å². The zero-order valence-electron chi connectivity index (χ0n) is 19.1. The number of nitrogens with zero attached hydrogens (tertiary/aromatic N) is 2. The maximum absolute atomic E-state index is 11.3. The van der Waals surface area contributed by atoms with Crippen molar-refractivity contribution in [2.24, 2.45) is 5.92 Å². The van der Waals surface area contributed by atoms with E-state index in [9.17, 15) is 5.11 Å². The third kappa shape index (κ3) is 4.65. The monoisotopic (exact) mass is 433 g/mol. The van der Waals surface area contributed by atoms with Gasteiger partial charge in [-0.3, -0.25) is 9.80 Å². The third-order valence-corrected chi connectivity index (χ3v) is 7.43. The molecule has 1 aromatic carbocycles. The van der Waals surface area contributed by atoms with E-state index in [1.807, 2.05) is 0 Å². The summed E-state index contributed by atoms with van der Waals surface area (Å²) in [7, 11) is 0. The van der Waals surface area contributed by atoms with Crippen LogP contribution < -0.4 is 5.32 Å². The van der Waals surface area contributed by atoms with E-state index in [-0.39, 0.29) is 6.17 Å². The van der Waals surface area contributed by atoms with Crippen LogP contribution in [0.25, 0.3) is 0 Å². The quantitative estimate of drug-likeness (QED) is 0.699. The number of likely N-dealkylation sites (tertiary alicyclic amines) is 1. The molecule has 0 spiro atoms. The highest BCUT2D eigenvalue weighted by Gasteiger charge is 2.44. The van der Waals surface area contributed by atoms with E-state index in [1.54, 1.807) is 0 Å². The lowest BCUT2D eigenvalue weighted by atomic mass is 9.75. The van der Waals surface area contributed by atoms with Crippen LogP contribution in [-0.4, -0.2) is 72.1 Å². The summed E-state index contributed by atoms with van der Waals surface area (Å²) < 4.78 is 5.85. The number of rotatable bonds is 5. The van der Waals surface area contributed by atoms with E-state index < -0.39 is 5.60 Å². The van der Waals surface area contributed by atoms with Gasteiger partial charge in [-0.2, -0.15) is 0 Å². The van der Waals surface area contributed by atoms with Crippen molar-refractivity contribution in [1.82, 2.24) is 15.1 Å². The number of benzene rings is 1. The SMILES string of the molecule is CCO[C@@H]1CCN(C2C=CC(C#C[C@@]3(O)CN4CCC3CC4)=C(Cc3ccccc3)N2)C1. The Balaban J connectivity index is 1.37. The third-order valence-electron chi connectivity index (χ3n) is 7.43. The van der Waals surface area contributed by atoms with E-state index in [0.29, 0.717) is 18.6 Å². The molecule has 0 saturated carbocycles. The van der Waals surface area contributed by atoms with Gasteiger partial charge in [0.15, 0.2) is 0 Å². The Morgan fingerprint density at radius 2 is 1.97 bits per heavy atom. The van der Waals surface area contributed by atoms with Crippen LogP contribution >= 0.6 is 0 Å². The molecular weight excluding hydrogens is 398 g/mol. The second-order valence-corrected chi connectivity index (χ2v) is 9.59. The predicted octanol–water partition coefficient (Wildman–Crippen LogP) is 2.54. The van der Waals surface area contributed by atoms with Gasteiger partial charge < -0.3 is 15.2 Å². The fourth-order valence-corrected chi connectivity index (χ4v) is 5.60. The van der Waals surface area contributed by atoms with E-state index in [0.717, 1.165) is 69.7 Å². The molecule has 0 amide bonds. The normalized spacial score (nSPS) is 34.3. The Morgan fingerprint density at radius 1 is 1.16 bits per heavy atom. The number of ether oxygens (including phenoxy) is 1. The Kier molecular flexibility index (Phi) is 6.39. The first-order valence-corrected chi connectivity index (χ1v) is 12.2. The molecule has 2 N–H and O–H groups in total. The van der Waals surface area contributed by atoms with Crippen molar-refractivity contribution < 1.29 is 9.84 Å². The van der Waals surface area contributed by atoms with Gasteiger partial charge in [-0.15, -0.1) is 0 Å². The minimum Gasteiger partial charge on any atom is -0.377 e. The van der Waals surface area contributed by atoms with Crippen molar-refractivity contribution in [2.45, 2.75) is 50.5 Å². The molecule has 5 heteroatoms. The number of dihydropyridines is 1. The summed E-state index contributed by atoms with van der Waals surface area (Å²) in [5, 5.41) is 15.0. The number of hydrogen-bond donors (Lipinski definition) is 2. The largest absolute Gasteiger partial charge is 0.377 e. The summed E-state index contributed by atoms with van der Waals surface area (Å²) in [4.78, 5) is 4.80. The zero-order chi connectivity index (χ0) is 22.0. The predicted molar refractivity (Wildman–Crippen MR) is 127 cm³/mol. The zero-order valence-corrected chi connectivity index (χ0v) is 19.1. The summed E-state index contributed by atoms with van der Waals surface area (Å²) in [6.07, 6.45) is 8.84. The van der Waals surface area contributed by atoms with Crippen LogP contribution in [0.5, 0.6) is 0 Å². The molecule has 1 unspecified atom stereocenters. The summed E-state index contributed by atoms with van der Waals surface area (Å²) in [6, 6.07) is 10.5. The fourth-order valence-electron chi connectivity index (χ4n) is 5.60. The molecule has 0 aliphatic carbocycles. The average Bonchev–Trinajstić information content (AvgIpc) is 3.28. The average molecular weight is 434 g/mol. The van der Waals surface area contributed by atoms with Crippen molar-refractivity contribution in [1.29, 1.82) is 0 Å². The smallest absolute Gasteiger partial charge is 0.141 e. The van der Waals surface area contributed by atoms with Crippen LogP contribution in [0.1, 0.15) is 31.7 Å². The molecular formula is C27H35N3O2. The van der Waals surface area contributed by atoms with Crippen LogP contribution in [0.4, 0.5) is 0 Å². The molecule has 1 aromatic rings. The van der Waals surface area contributed by atoms with Crippen molar-refractivity contribution in [2.75, 3.05) is 39.3 Å². The number of nitrogens with one attached hydrogen (secondary N) is 1. The molecule has 170 valence electrons. The first-order chi connectivity index (χ1) is 15.6. The van der Waals surface area contributed by atoms with Gasteiger partial charge in [0.1, 0.15) is 5.60 Å². The van der Waals surface area contributed by atoms with Crippen LogP contribution in [0.3, 0.4) is 0 Å². The lowest BCUT2D eigenvalue weighted by molar-refractivity contribution is -0.0713. The Hall–Kier alpha value is -2.10. The number of hydrogen-bond acceptors (Lipinski definition) is 5. The minimum atomic E-state index is -0.883. The van der Waals surface area contributed by atoms with Crippen molar-refractivity contribution in [3.05, 3.63) is 59.3 Å². The maximum Gasteiger partial charge on any atom is 0.141 e. The van der Waals surface area contributed by atoms with E-state index in [1.165, 1.54) is 5.56 Å². The van der Waals surface area contributed by atoms with Crippen LogP contribution in [0.2, 0.25) is 0 Å². The van der Waals surface area contributed by atoms with E-state index in [4.69, 9.17) is 4.74 Å². The van der Waals surface area contributed by atoms with Gasteiger partial charge >= 0.3 is 0 Å². The van der Waals surface area contributed by atoms with Crippen molar-refractivity contribution in [3.8, 4) is 11.8 Å². The van der Waals surface area contributed by atoms with Crippen LogP contribution in [0, 0.1) is 17.8 Å². The highest BCUT2D eigenvalue weighted by molar-refractivity contribution is 5.47. The topological polar surface area (TPSA) is 48.0 Å². The van der Waals surface area contributed by atoms with E-state index >= 15 is 0 Å². The molecule has 5 heterocycles. The first kappa shape index (κ1) is 21.7. The van der Waals surface area contributed by atoms with Gasteiger partial charge in [-0.1, -0.05) is 42.2 Å². The van der Waals surface area contributed by atoms with Gasteiger partial charge in [-0.25, -0.2) is 0 Å². The minimum absolute atomic E-state index is 0.157. The molecule has 5 nitrogen and oxygen atoms in total. The van der Waals surface area contributed by atoms with Gasteiger partial charge in [-0.05, 0) is 57.0 Å². The summed E-state index contributed by atoms with van der Waals surface area (Å²) in [5.41, 5.74) is 2.51. The fraction of sp³-hybridized carbons (Fsp3) is 0.556. The number of fused-ring (bicyclic) bond motifs is 3. The Bertz CT molecular complexity index is 923. The Morgan fingerprint density at radius 3 is 2.69 bits per heavy atom. The second kappa shape index (κ2) is 9.41. The molecule has 4 saturated heterocycles. The summed E-state index contributed by atoms with van der Waals surface area (Å²) in [6.45, 7) is 7.69. The molecule has 5 aliphatic rings. The lowest BCUT2D eigenvalue weighted by Gasteiger charge is -2.47. The Labute approximate surface area is 192 Å². The maximum atomic E-state index is 11.3. The number of allylic oxidation sites excluding steroid dienone is 3. The molecule has 0 radical (unpaired) electrons. The molecule has 4 fully saturated rings. The molecule has 32 heavy (non-hydrogen) atoms. The highest BCUT2D eigenvalue weighted by atomic mass is 16.5.